The lowest BCUT2D eigenvalue weighted by molar-refractivity contribution is 1.09. The molecule has 0 fully saturated rings. The smallest absolute Gasteiger partial charge is 0.0685 e. The van der Waals surface area contributed by atoms with Crippen LogP contribution in [0.4, 0.5) is 5.69 Å². The summed E-state index contributed by atoms with van der Waals surface area (Å²) in [6.45, 7) is 2.09. The largest absolute Gasteiger partial charge is 0.278 e. The first-order valence-electron chi connectivity index (χ1n) is 6.30. The second-order valence-corrected chi connectivity index (χ2v) is 4.70. The van der Waals surface area contributed by atoms with Crippen molar-refractivity contribution in [3.63, 3.8) is 0 Å². The summed E-state index contributed by atoms with van der Waals surface area (Å²) >= 11 is 0. The molecule has 0 unspecified atom stereocenters. The number of benzene rings is 2. The van der Waals surface area contributed by atoms with Crippen molar-refractivity contribution in [1.29, 1.82) is 0 Å². The van der Waals surface area contributed by atoms with Gasteiger partial charge in [0.1, 0.15) is 0 Å². The van der Waals surface area contributed by atoms with Crippen LogP contribution in [0, 0.1) is 6.92 Å². The third kappa shape index (κ3) is 2.14. The fourth-order valence-corrected chi connectivity index (χ4v) is 2.37. The Balaban J connectivity index is 1.83. The molecular weight excluding hydrogens is 220 g/mol. The Morgan fingerprint density at radius 3 is 2.78 bits per heavy atom. The molecule has 0 heterocycles. The van der Waals surface area contributed by atoms with Crippen LogP contribution in [-0.2, 0) is 6.42 Å². The fourth-order valence-electron chi connectivity index (χ4n) is 2.37. The molecule has 90 valence electrons. The van der Waals surface area contributed by atoms with Crippen LogP contribution in [0.15, 0.2) is 53.6 Å². The van der Waals surface area contributed by atoms with E-state index >= 15 is 0 Å². The minimum Gasteiger partial charge on any atom is -0.278 e. The summed E-state index contributed by atoms with van der Waals surface area (Å²) in [5, 5.41) is 4.54. The number of nitrogens with one attached hydrogen (secondary N) is 1. The van der Waals surface area contributed by atoms with Crippen molar-refractivity contribution >= 4 is 11.4 Å². The summed E-state index contributed by atoms with van der Waals surface area (Å²) in [6, 6.07) is 16.8. The van der Waals surface area contributed by atoms with E-state index in [2.05, 4.69) is 53.8 Å². The van der Waals surface area contributed by atoms with Crippen molar-refractivity contribution < 1.29 is 0 Å². The molecule has 2 nitrogen and oxygen atoms in total. The first-order chi connectivity index (χ1) is 8.83. The average Bonchev–Trinajstić information content (AvgIpc) is 2.80. The number of hydrogen-bond donors (Lipinski definition) is 1. The van der Waals surface area contributed by atoms with E-state index in [1.165, 1.54) is 16.7 Å². The molecule has 1 aliphatic carbocycles. The van der Waals surface area contributed by atoms with E-state index < -0.39 is 0 Å². The number of nitrogens with zero attached hydrogens (tertiary/aromatic N) is 1. The molecule has 0 amide bonds. The number of anilines is 1. The summed E-state index contributed by atoms with van der Waals surface area (Å²) in [4.78, 5) is 0. The summed E-state index contributed by atoms with van der Waals surface area (Å²) in [5.74, 6) is 0. The normalized spacial score (nSPS) is 15.7. The number of fused-ring (bicyclic) bond motifs is 1. The average molecular weight is 236 g/mol. The van der Waals surface area contributed by atoms with E-state index in [4.69, 9.17) is 0 Å². The van der Waals surface area contributed by atoms with E-state index in [9.17, 15) is 0 Å². The quantitative estimate of drug-likeness (QED) is 0.789. The highest BCUT2D eigenvalue weighted by Gasteiger charge is 2.16. The molecule has 0 radical (unpaired) electrons. The van der Waals surface area contributed by atoms with Gasteiger partial charge in [-0.25, -0.2) is 0 Å². The number of rotatable bonds is 2. The van der Waals surface area contributed by atoms with Gasteiger partial charge in [0.05, 0.1) is 11.4 Å². The molecule has 2 heteroatoms. The van der Waals surface area contributed by atoms with Gasteiger partial charge in [-0.15, -0.1) is 0 Å². The molecule has 3 rings (SSSR count). The predicted octanol–water partition coefficient (Wildman–Crippen LogP) is 3.76. The van der Waals surface area contributed by atoms with Crippen molar-refractivity contribution in [3.8, 4) is 0 Å². The van der Waals surface area contributed by atoms with Crippen LogP contribution in [0.25, 0.3) is 0 Å². The molecule has 0 saturated heterocycles. The van der Waals surface area contributed by atoms with Gasteiger partial charge in [-0.1, -0.05) is 36.4 Å². The number of hydrazone groups is 1. The van der Waals surface area contributed by atoms with Crippen molar-refractivity contribution in [2.75, 3.05) is 5.43 Å². The molecule has 0 spiro atoms. The molecule has 1 aliphatic rings. The molecule has 1 N–H and O–H groups in total. The third-order valence-corrected chi connectivity index (χ3v) is 3.30. The Bertz CT molecular complexity index is 600. The summed E-state index contributed by atoms with van der Waals surface area (Å²) in [7, 11) is 0. The van der Waals surface area contributed by atoms with Crippen molar-refractivity contribution in [2.24, 2.45) is 5.10 Å². The number of aryl methyl sites for hydroxylation is 2. The van der Waals surface area contributed by atoms with Gasteiger partial charge in [0, 0.05) is 5.56 Å². The van der Waals surface area contributed by atoms with Gasteiger partial charge in [-0.3, -0.25) is 5.43 Å². The first-order valence-corrected chi connectivity index (χ1v) is 6.30. The predicted molar refractivity (Wildman–Crippen MR) is 76.1 cm³/mol. The highest BCUT2D eigenvalue weighted by Crippen LogP contribution is 2.22. The minimum atomic E-state index is 1.03. The Kier molecular flexibility index (Phi) is 2.85. The molecule has 18 heavy (non-hydrogen) atoms. The van der Waals surface area contributed by atoms with E-state index in [0.717, 1.165) is 24.2 Å². The molecule has 0 saturated carbocycles. The standard InChI is InChI=1S/C16H16N2/c1-12-5-4-7-14(11-12)17-18-16-10-9-13-6-2-3-8-15(13)16/h2-8,11,17H,9-10H2,1H3/b18-16-. The molecule has 2 aromatic carbocycles. The topological polar surface area (TPSA) is 24.4 Å². The maximum atomic E-state index is 4.54. The van der Waals surface area contributed by atoms with Crippen LogP contribution in [0.5, 0.6) is 0 Å². The first kappa shape index (κ1) is 11.0. The summed E-state index contributed by atoms with van der Waals surface area (Å²) in [5.41, 5.74) is 9.30. The van der Waals surface area contributed by atoms with Crippen LogP contribution in [0.2, 0.25) is 0 Å². The molecule has 0 atom stereocenters. The van der Waals surface area contributed by atoms with E-state index in [1.807, 2.05) is 12.1 Å². The van der Waals surface area contributed by atoms with Crippen LogP contribution < -0.4 is 5.43 Å². The Labute approximate surface area is 107 Å². The van der Waals surface area contributed by atoms with Crippen LogP contribution in [-0.4, -0.2) is 5.71 Å². The van der Waals surface area contributed by atoms with E-state index in [-0.39, 0.29) is 0 Å². The Morgan fingerprint density at radius 2 is 1.89 bits per heavy atom. The molecule has 0 aliphatic heterocycles. The SMILES string of the molecule is Cc1cccc(N/N=C2/CCc3ccccc32)c1. The minimum absolute atomic E-state index is 1.03. The highest BCUT2D eigenvalue weighted by atomic mass is 15.3. The maximum absolute atomic E-state index is 4.54. The van der Waals surface area contributed by atoms with E-state index in [0.29, 0.717) is 0 Å². The summed E-state index contributed by atoms with van der Waals surface area (Å²) in [6.07, 6.45) is 2.13. The van der Waals surface area contributed by atoms with Gasteiger partial charge in [-0.2, -0.15) is 5.10 Å². The zero-order valence-electron chi connectivity index (χ0n) is 10.5. The second-order valence-electron chi connectivity index (χ2n) is 4.70. The molecule has 2 aromatic rings. The van der Waals surface area contributed by atoms with Crippen molar-refractivity contribution in [3.05, 3.63) is 65.2 Å². The van der Waals surface area contributed by atoms with Gasteiger partial charge in [0.15, 0.2) is 0 Å². The third-order valence-electron chi connectivity index (χ3n) is 3.30. The van der Waals surface area contributed by atoms with Gasteiger partial charge >= 0.3 is 0 Å². The lowest BCUT2D eigenvalue weighted by Gasteiger charge is -2.04. The highest BCUT2D eigenvalue weighted by molar-refractivity contribution is 6.04. The maximum Gasteiger partial charge on any atom is 0.0685 e. The monoisotopic (exact) mass is 236 g/mol. The zero-order valence-corrected chi connectivity index (χ0v) is 10.5. The Morgan fingerprint density at radius 1 is 1.00 bits per heavy atom. The van der Waals surface area contributed by atoms with Crippen LogP contribution in [0.1, 0.15) is 23.1 Å². The van der Waals surface area contributed by atoms with Gasteiger partial charge in [-0.05, 0) is 43.0 Å². The van der Waals surface area contributed by atoms with Crippen molar-refractivity contribution in [1.82, 2.24) is 0 Å². The molecule has 0 bridgehead atoms. The van der Waals surface area contributed by atoms with Crippen LogP contribution in [0.3, 0.4) is 0 Å². The lowest BCUT2D eigenvalue weighted by Crippen LogP contribution is -1.99. The number of hydrogen-bond acceptors (Lipinski definition) is 2. The summed E-state index contributed by atoms with van der Waals surface area (Å²) < 4.78 is 0. The molecular formula is C16H16N2. The van der Waals surface area contributed by atoms with Crippen molar-refractivity contribution in [2.45, 2.75) is 19.8 Å². The zero-order chi connectivity index (χ0) is 12.4. The van der Waals surface area contributed by atoms with Gasteiger partial charge in [0.2, 0.25) is 0 Å². The van der Waals surface area contributed by atoms with Gasteiger partial charge in [0.25, 0.3) is 0 Å². The van der Waals surface area contributed by atoms with Crippen LogP contribution >= 0.6 is 0 Å². The fraction of sp³-hybridized carbons (Fsp3) is 0.188. The Hall–Kier alpha value is -2.09. The van der Waals surface area contributed by atoms with E-state index in [1.54, 1.807) is 0 Å². The lowest BCUT2D eigenvalue weighted by atomic mass is 10.1. The molecule has 0 aromatic heterocycles. The van der Waals surface area contributed by atoms with Gasteiger partial charge < -0.3 is 0 Å². The second kappa shape index (κ2) is 4.65.